The van der Waals surface area contributed by atoms with Crippen LogP contribution < -0.4 is 10.1 Å². The minimum Gasteiger partial charge on any atom is -0.497 e. The molecule has 5 nitrogen and oxygen atoms in total. The van der Waals surface area contributed by atoms with Gasteiger partial charge in [-0.15, -0.1) is 0 Å². The minimum atomic E-state index is -0.400. The van der Waals surface area contributed by atoms with E-state index in [9.17, 15) is 4.79 Å². The third-order valence-corrected chi connectivity index (χ3v) is 2.90. The van der Waals surface area contributed by atoms with Gasteiger partial charge in [0.2, 0.25) is 0 Å². The highest BCUT2D eigenvalue weighted by Gasteiger charge is 2.08. The summed E-state index contributed by atoms with van der Waals surface area (Å²) in [4.78, 5) is 14.9. The second kappa shape index (κ2) is 6.96. The standard InChI is InChI=1S/C16H15N3O2/c1-21-15-6-4-12(5-7-15)11-19-16(20)13(10-17)9-14-3-2-8-18-14/h2-9,18H,11H2,1H3,(H,19,20)/b13-9+. The molecule has 0 spiro atoms. The van der Waals surface area contributed by atoms with Crippen LogP contribution in [-0.2, 0) is 11.3 Å². The molecule has 1 aromatic heterocycles. The molecule has 0 atom stereocenters. The van der Waals surface area contributed by atoms with Gasteiger partial charge in [-0.05, 0) is 35.9 Å². The zero-order valence-corrected chi connectivity index (χ0v) is 11.6. The highest BCUT2D eigenvalue weighted by atomic mass is 16.5. The molecule has 1 heterocycles. The van der Waals surface area contributed by atoms with E-state index >= 15 is 0 Å². The molecule has 0 aliphatic rings. The molecule has 1 aromatic carbocycles. The Morgan fingerprint density at radius 3 is 2.71 bits per heavy atom. The fraction of sp³-hybridized carbons (Fsp3) is 0.125. The van der Waals surface area contributed by atoms with Gasteiger partial charge in [-0.1, -0.05) is 12.1 Å². The normalized spacial score (nSPS) is 10.8. The highest BCUT2D eigenvalue weighted by Crippen LogP contribution is 2.11. The summed E-state index contributed by atoms with van der Waals surface area (Å²) in [6, 6.07) is 12.9. The minimum absolute atomic E-state index is 0.0611. The van der Waals surface area contributed by atoms with Crippen LogP contribution >= 0.6 is 0 Å². The van der Waals surface area contributed by atoms with E-state index in [1.165, 1.54) is 6.08 Å². The molecule has 1 amide bonds. The predicted molar refractivity (Wildman–Crippen MR) is 79.2 cm³/mol. The first-order valence-corrected chi connectivity index (χ1v) is 6.39. The van der Waals surface area contributed by atoms with E-state index in [1.54, 1.807) is 25.4 Å². The summed E-state index contributed by atoms with van der Waals surface area (Å²) in [5, 5.41) is 11.8. The average molecular weight is 281 g/mol. The molecule has 2 N–H and O–H groups in total. The number of nitrogens with zero attached hydrogens (tertiary/aromatic N) is 1. The number of rotatable bonds is 5. The van der Waals surface area contributed by atoms with Gasteiger partial charge in [0.1, 0.15) is 17.4 Å². The zero-order valence-electron chi connectivity index (χ0n) is 11.6. The number of nitrogens with one attached hydrogen (secondary N) is 2. The summed E-state index contributed by atoms with van der Waals surface area (Å²) in [5.41, 5.74) is 1.71. The summed E-state index contributed by atoms with van der Waals surface area (Å²) < 4.78 is 5.07. The number of aromatic nitrogens is 1. The van der Waals surface area contributed by atoms with Crippen LogP contribution in [0.3, 0.4) is 0 Å². The van der Waals surface area contributed by atoms with Crippen molar-refractivity contribution in [3.8, 4) is 11.8 Å². The van der Waals surface area contributed by atoms with Gasteiger partial charge in [0.25, 0.3) is 5.91 Å². The van der Waals surface area contributed by atoms with Crippen LogP contribution in [0.4, 0.5) is 0 Å². The molecule has 2 rings (SSSR count). The van der Waals surface area contributed by atoms with Crippen molar-refractivity contribution in [1.29, 1.82) is 5.26 Å². The lowest BCUT2D eigenvalue weighted by molar-refractivity contribution is -0.117. The van der Waals surface area contributed by atoms with E-state index in [0.29, 0.717) is 12.2 Å². The van der Waals surface area contributed by atoms with Crippen molar-refractivity contribution in [3.63, 3.8) is 0 Å². The number of hydrogen-bond donors (Lipinski definition) is 2. The summed E-state index contributed by atoms with van der Waals surface area (Å²) >= 11 is 0. The van der Waals surface area contributed by atoms with Gasteiger partial charge in [-0.3, -0.25) is 4.79 Å². The fourth-order valence-corrected chi connectivity index (χ4v) is 1.76. The van der Waals surface area contributed by atoms with Crippen LogP contribution in [0.1, 0.15) is 11.3 Å². The maximum Gasteiger partial charge on any atom is 0.262 e. The number of carbonyl (C=O) groups is 1. The second-order valence-corrected chi connectivity index (χ2v) is 4.33. The molecule has 0 aliphatic heterocycles. The van der Waals surface area contributed by atoms with Crippen LogP contribution in [0, 0.1) is 11.3 Å². The number of methoxy groups -OCH3 is 1. The van der Waals surface area contributed by atoms with Crippen LogP contribution in [-0.4, -0.2) is 18.0 Å². The SMILES string of the molecule is COc1ccc(CNC(=O)/C(C#N)=C/c2ccc[nH]2)cc1. The molecule has 2 aromatic rings. The van der Waals surface area contributed by atoms with Crippen molar-refractivity contribution >= 4 is 12.0 Å². The lowest BCUT2D eigenvalue weighted by Crippen LogP contribution is -2.23. The molecule has 21 heavy (non-hydrogen) atoms. The van der Waals surface area contributed by atoms with Crippen LogP contribution in [0.25, 0.3) is 6.08 Å². The largest absolute Gasteiger partial charge is 0.497 e. The van der Waals surface area contributed by atoms with Gasteiger partial charge in [0.15, 0.2) is 0 Å². The Morgan fingerprint density at radius 2 is 2.14 bits per heavy atom. The molecule has 106 valence electrons. The molecule has 0 saturated carbocycles. The molecule has 0 radical (unpaired) electrons. The van der Waals surface area contributed by atoms with Gasteiger partial charge >= 0.3 is 0 Å². The molecular weight excluding hydrogens is 266 g/mol. The van der Waals surface area contributed by atoms with Crippen LogP contribution in [0.5, 0.6) is 5.75 Å². The number of aromatic amines is 1. The number of carbonyl (C=O) groups excluding carboxylic acids is 1. The third-order valence-electron chi connectivity index (χ3n) is 2.90. The zero-order chi connectivity index (χ0) is 15.1. The Balaban J connectivity index is 1.98. The lowest BCUT2D eigenvalue weighted by Gasteiger charge is -2.05. The summed E-state index contributed by atoms with van der Waals surface area (Å²) in [6.07, 6.45) is 3.25. The molecular formula is C16H15N3O2. The maximum absolute atomic E-state index is 12.0. The van der Waals surface area contributed by atoms with E-state index in [0.717, 1.165) is 11.3 Å². The Labute approximate surface area is 122 Å². The Kier molecular flexibility index (Phi) is 4.78. The van der Waals surface area contributed by atoms with Crippen LogP contribution in [0.2, 0.25) is 0 Å². The van der Waals surface area contributed by atoms with E-state index in [-0.39, 0.29) is 5.57 Å². The van der Waals surface area contributed by atoms with Gasteiger partial charge in [0.05, 0.1) is 7.11 Å². The molecule has 0 aliphatic carbocycles. The van der Waals surface area contributed by atoms with E-state index in [1.807, 2.05) is 30.3 Å². The second-order valence-electron chi connectivity index (χ2n) is 4.33. The molecule has 0 unspecified atom stereocenters. The monoisotopic (exact) mass is 281 g/mol. The molecule has 0 saturated heterocycles. The number of benzene rings is 1. The summed E-state index contributed by atoms with van der Waals surface area (Å²) in [7, 11) is 1.60. The third kappa shape index (κ3) is 3.98. The smallest absolute Gasteiger partial charge is 0.262 e. The highest BCUT2D eigenvalue weighted by molar-refractivity contribution is 6.01. The Hall–Kier alpha value is -3.00. The van der Waals surface area contributed by atoms with Crippen molar-refractivity contribution in [3.05, 3.63) is 59.4 Å². The van der Waals surface area contributed by atoms with Crippen LogP contribution in [0.15, 0.2) is 48.2 Å². The van der Waals surface area contributed by atoms with Crippen molar-refractivity contribution in [2.24, 2.45) is 0 Å². The van der Waals surface area contributed by atoms with E-state index in [4.69, 9.17) is 10.00 Å². The number of hydrogen-bond acceptors (Lipinski definition) is 3. The Morgan fingerprint density at radius 1 is 1.38 bits per heavy atom. The first kappa shape index (κ1) is 14.4. The average Bonchev–Trinajstić information content (AvgIpc) is 3.03. The van der Waals surface area contributed by atoms with Gasteiger partial charge in [0, 0.05) is 18.4 Å². The van der Waals surface area contributed by atoms with Crippen molar-refractivity contribution in [2.75, 3.05) is 7.11 Å². The molecule has 0 fully saturated rings. The van der Waals surface area contributed by atoms with E-state index < -0.39 is 5.91 Å². The van der Waals surface area contributed by atoms with Gasteiger partial charge in [-0.2, -0.15) is 5.26 Å². The molecule has 5 heteroatoms. The molecule has 0 bridgehead atoms. The van der Waals surface area contributed by atoms with Crippen molar-refractivity contribution < 1.29 is 9.53 Å². The van der Waals surface area contributed by atoms with E-state index in [2.05, 4.69) is 10.3 Å². The van der Waals surface area contributed by atoms with Gasteiger partial charge < -0.3 is 15.0 Å². The number of H-pyrrole nitrogens is 1. The first-order chi connectivity index (χ1) is 10.2. The quantitative estimate of drug-likeness (QED) is 0.651. The first-order valence-electron chi connectivity index (χ1n) is 6.39. The maximum atomic E-state index is 12.0. The summed E-state index contributed by atoms with van der Waals surface area (Å²) in [6.45, 7) is 0.354. The van der Waals surface area contributed by atoms with Crippen molar-refractivity contribution in [2.45, 2.75) is 6.54 Å². The number of nitriles is 1. The predicted octanol–water partition coefficient (Wildman–Crippen LogP) is 2.25. The lowest BCUT2D eigenvalue weighted by atomic mass is 10.2. The van der Waals surface area contributed by atoms with Crippen molar-refractivity contribution in [1.82, 2.24) is 10.3 Å². The fourth-order valence-electron chi connectivity index (χ4n) is 1.76. The van der Waals surface area contributed by atoms with Gasteiger partial charge in [-0.25, -0.2) is 0 Å². The topological polar surface area (TPSA) is 77.9 Å². The number of ether oxygens (including phenoxy) is 1. The summed E-state index contributed by atoms with van der Waals surface area (Å²) in [5.74, 6) is 0.359. The number of amides is 1. The Bertz CT molecular complexity index is 665.